The molecule has 1 aromatic heterocycles. The lowest BCUT2D eigenvalue weighted by Crippen LogP contribution is -2.37. The summed E-state index contributed by atoms with van der Waals surface area (Å²) in [7, 11) is 1.31. The summed E-state index contributed by atoms with van der Waals surface area (Å²) >= 11 is 0. The number of carbonyl (C=O) groups is 1. The fraction of sp³-hybridized carbons (Fsp3) is 0.267. The fourth-order valence-electron chi connectivity index (χ4n) is 1.88. The van der Waals surface area contributed by atoms with Crippen LogP contribution in [0.15, 0.2) is 40.1 Å². The highest BCUT2D eigenvalue weighted by molar-refractivity contribution is 6.03. The Labute approximate surface area is 121 Å². The van der Waals surface area contributed by atoms with Crippen LogP contribution in [0.2, 0.25) is 0 Å². The number of benzene rings is 1. The quantitative estimate of drug-likeness (QED) is 0.896. The van der Waals surface area contributed by atoms with Gasteiger partial charge in [0.05, 0.1) is 0 Å². The van der Waals surface area contributed by atoms with Gasteiger partial charge in [-0.1, -0.05) is 26.0 Å². The van der Waals surface area contributed by atoms with Crippen LogP contribution in [-0.2, 0) is 7.05 Å². The summed E-state index contributed by atoms with van der Waals surface area (Å²) < 4.78 is 0.858. The average molecular weight is 287 g/mol. The van der Waals surface area contributed by atoms with E-state index in [-0.39, 0.29) is 5.56 Å². The number of rotatable bonds is 3. The number of hydrogen-bond acceptors (Lipinski definition) is 3. The maximum absolute atomic E-state index is 12.1. The normalized spacial score (nSPS) is 10.7. The molecule has 0 aliphatic heterocycles. The van der Waals surface area contributed by atoms with Gasteiger partial charge >= 0.3 is 5.69 Å². The van der Waals surface area contributed by atoms with Crippen molar-refractivity contribution in [1.82, 2.24) is 9.55 Å². The molecule has 0 aliphatic carbocycles. The summed E-state index contributed by atoms with van der Waals surface area (Å²) in [6.07, 6.45) is 1.13. The lowest BCUT2D eigenvalue weighted by molar-refractivity contribution is 0.102. The molecule has 110 valence electrons. The molecule has 0 atom stereocenters. The van der Waals surface area contributed by atoms with E-state index in [0.29, 0.717) is 11.6 Å². The predicted molar refractivity (Wildman–Crippen MR) is 80.8 cm³/mol. The minimum Gasteiger partial charge on any atom is -0.322 e. The SMILES string of the molecule is CC(C)c1ccc(NC(=O)c2c[nH]c(=O)n(C)c2=O)cc1. The van der Waals surface area contributed by atoms with Gasteiger partial charge in [0.2, 0.25) is 0 Å². The first-order chi connectivity index (χ1) is 9.90. The number of hydrogen-bond donors (Lipinski definition) is 2. The van der Waals surface area contributed by atoms with Crippen molar-refractivity contribution in [3.8, 4) is 0 Å². The summed E-state index contributed by atoms with van der Waals surface area (Å²) in [5.41, 5.74) is 0.462. The van der Waals surface area contributed by atoms with E-state index in [0.717, 1.165) is 16.3 Å². The Morgan fingerprint density at radius 3 is 2.38 bits per heavy atom. The van der Waals surface area contributed by atoms with Gasteiger partial charge in [0.25, 0.3) is 11.5 Å². The van der Waals surface area contributed by atoms with Crippen molar-refractivity contribution < 1.29 is 4.79 Å². The monoisotopic (exact) mass is 287 g/mol. The van der Waals surface area contributed by atoms with Crippen LogP contribution < -0.4 is 16.6 Å². The van der Waals surface area contributed by atoms with Crippen LogP contribution in [0.5, 0.6) is 0 Å². The number of amides is 1. The Kier molecular flexibility index (Phi) is 4.07. The molecule has 0 fully saturated rings. The Morgan fingerprint density at radius 1 is 1.19 bits per heavy atom. The van der Waals surface area contributed by atoms with Gasteiger partial charge in [0.15, 0.2) is 0 Å². The van der Waals surface area contributed by atoms with Crippen LogP contribution >= 0.6 is 0 Å². The van der Waals surface area contributed by atoms with E-state index in [1.807, 2.05) is 12.1 Å². The Bertz CT molecular complexity index is 770. The molecule has 0 spiro atoms. The van der Waals surface area contributed by atoms with E-state index < -0.39 is 17.2 Å². The van der Waals surface area contributed by atoms with Crippen LogP contribution in [0.25, 0.3) is 0 Å². The van der Waals surface area contributed by atoms with E-state index in [9.17, 15) is 14.4 Å². The third-order valence-electron chi connectivity index (χ3n) is 3.26. The van der Waals surface area contributed by atoms with Crippen LogP contribution in [-0.4, -0.2) is 15.5 Å². The molecular formula is C15H17N3O3. The molecule has 0 unspecified atom stereocenters. The van der Waals surface area contributed by atoms with Gasteiger partial charge in [-0.3, -0.25) is 14.2 Å². The molecule has 0 bridgehead atoms. The van der Waals surface area contributed by atoms with Gasteiger partial charge in [-0.2, -0.15) is 0 Å². The topological polar surface area (TPSA) is 84.0 Å². The molecule has 0 saturated heterocycles. The average Bonchev–Trinajstić information content (AvgIpc) is 2.45. The van der Waals surface area contributed by atoms with Crippen LogP contribution in [0, 0.1) is 0 Å². The molecule has 0 aliphatic rings. The second-order valence-electron chi connectivity index (χ2n) is 5.10. The summed E-state index contributed by atoms with van der Waals surface area (Å²) in [6, 6.07) is 7.41. The summed E-state index contributed by atoms with van der Waals surface area (Å²) in [6.45, 7) is 4.16. The Hall–Kier alpha value is -2.63. The van der Waals surface area contributed by atoms with Crippen LogP contribution in [0.3, 0.4) is 0 Å². The number of nitrogens with zero attached hydrogens (tertiary/aromatic N) is 1. The third kappa shape index (κ3) is 3.10. The molecule has 1 heterocycles. The zero-order valence-corrected chi connectivity index (χ0v) is 12.1. The molecule has 0 saturated carbocycles. The molecule has 2 aromatic rings. The molecular weight excluding hydrogens is 270 g/mol. The maximum Gasteiger partial charge on any atom is 0.328 e. The number of nitrogens with one attached hydrogen (secondary N) is 2. The molecule has 2 rings (SSSR count). The minimum atomic E-state index is -0.630. The second-order valence-corrected chi connectivity index (χ2v) is 5.10. The lowest BCUT2D eigenvalue weighted by Gasteiger charge is -2.08. The second kappa shape index (κ2) is 5.78. The van der Waals surface area contributed by atoms with Crippen molar-refractivity contribution in [2.75, 3.05) is 5.32 Å². The standard InChI is InChI=1S/C15H17N3O3/c1-9(2)10-4-6-11(7-5-10)17-13(19)12-8-16-15(21)18(3)14(12)20/h4-9H,1-3H3,(H,16,21)(H,17,19). The Balaban J connectivity index is 2.24. The van der Waals surface area contributed by atoms with Crippen molar-refractivity contribution in [1.29, 1.82) is 0 Å². The van der Waals surface area contributed by atoms with Crippen molar-refractivity contribution in [3.05, 3.63) is 62.4 Å². The van der Waals surface area contributed by atoms with Gasteiger partial charge in [0.1, 0.15) is 5.56 Å². The highest BCUT2D eigenvalue weighted by Gasteiger charge is 2.13. The van der Waals surface area contributed by atoms with E-state index in [1.165, 1.54) is 7.05 Å². The van der Waals surface area contributed by atoms with Crippen molar-refractivity contribution in [2.45, 2.75) is 19.8 Å². The third-order valence-corrected chi connectivity index (χ3v) is 3.26. The molecule has 6 heteroatoms. The van der Waals surface area contributed by atoms with Crippen molar-refractivity contribution in [2.24, 2.45) is 7.05 Å². The van der Waals surface area contributed by atoms with Crippen molar-refractivity contribution >= 4 is 11.6 Å². The van der Waals surface area contributed by atoms with E-state index in [4.69, 9.17) is 0 Å². The van der Waals surface area contributed by atoms with E-state index >= 15 is 0 Å². The number of H-pyrrole nitrogens is 1. The van der Waals surface area contributed by atoms with Crippen LogP contribution in [0.1, 0.15) is 35.7 Å². The Morgan fingerprint density at radius 2 is 1.81 bits per heavy atom. The largest absolute Gasteiger partial charge is 0.328 e. The van der Waals surface area contributed by atoms with Gasteiger partial charge < -0.3 is 10.3 Å². The molecule has 2 N–H and O–H groups in total. The highest BCUT2D eigenvalue weighted by Crippen LogP contribution is 2.17. The summed E-state index contributed by atoms with van der Waals surface area (Å²) in [5.74, 6) is -0.148. The lowest BCUT2D eigenvalue weighted by atomic mass is 10.0. The molecule has 0 radical (unpaired) electrons. The first-order valence-corrected chi connectivity index (χ1v) is 6.60. The van der Waals surface area contributed by atoms with Crippen LogP contribution in [0.4, 0.5) is 5.69 Å². The number of anilines is 1. The molecule has 1 aromatic carbocycles. The summed E-state index contributed by atoms with van der Waals surface area (Å²) in [5, 5.41) is 2.64. The first-order valence-electron chi connectivity index (χ1n) is 6.60. The zero-order chi connectivity index (χ0) is 15.6. The fourth-order valence-corrected chi connectivity index (χ4v) is 1.88. The number of carbonyl (C=O) groups excluding carboxylic acids is 1. The first kappa shape index (κ1) is 14.8. The van der Waals surface area contributed by atoms with Gasteiger partial charge in [-0.15, -0.1) is 0 Å². The number of aromatic nitrogens is 2. The van der Waals surface area contributed by atoms with E-state index in [2.05, 4.69) is 24.1 Å². The molecule has 6 nitrogen and oxygen atoms in total. The smallest absolute Gasteiger partial charge is 0.322 e. The highest BCUT2D eigenvalue weighted by atomic mass is 16.2. The summed E-state index contributed by atoms with van der Waals surface area (Å²) in [4.78, 5) is 37.5. The molecule has 1 amide bonds. The zero-order valence-electron chi connectivity index (χ0n) is 12.1. The van der Waals surface area contributed by atoms with Gasteiger partial charge in [-0.25, -0.2) is 4.79 Å². The molecule has 21 heavy (non-hydrogen) atoms. The van der Waals surface area contributed by atoms with Crippen molar-refractivity contribution in [3.63, 3.8) is 0 Å². The number of aromatic amines is 1. The maximum atomic E-state index is 12.1. The van der Waals surface area contributed by atoms with Gasteiger partial charge in [-0.05, 0) is 23.6 Å². The minimum absolute atomic E-state index is 0.106. The van der Waals surface area contributed by atoms with E-state index in [1.54, 1.807) is 12.1 Å². The van der Waals surface area contributed by atoms with Gasteiger partial charge in [0, 0.05) is 18.9 Å². The predicted octanol–water partition coefficient (Wildman–Crippen LogP) is 1.45.